The first-order valence-electron chi connectivity index (χ1n) is 17.2. The fraction of sp³-hybridized carbons (Fsp3) is 0.853. The predicted molar refractivity (Wildman–Crippen MR) is 168 cm³/mol. The number of fused-ring (bicyclic) bond motifs is 5. The van der Waals surface area contributed by atoms with Gasteiger partial charge in [0.25, 0.3) is 0 Å². The molecule has 5 N–H and O–H groups in total. The number of nitrogens with zero attached hydrogens (tertiary/aromatic N) is 1. The molecule has 5 aliphatic rings. The molecule has 0 spiro atoms. The van der Waals surface area contributed by atoms with E-state index in [4.69, 9.17) is 24.7 Å². The van der Waals surface area contributed by atoms with Crippen molar-refractivity contribution in [2.75, 3.05) is 66.4 Å². The van der Waals surface area contributed by atoms with Crippen molar-refractivity contribution in [3.05, 3.63) is 11.6 Å². The Labute approximate surface area is 272 Å². The number of nitrogens with one attached hydrogen (secondary N) is 1. The maximum absolute atomic E-state index is 12.8. The quantitative estimate of drug-likeness (QED) is 0.158. The van der Waals surface area contributed by atoms with Crippen LogP contribution in [-0.2, 0) is 33.3 Å². The number of ether oxygens (including phenoxy) is 4. The molecule has 0 bridgehead atoms. The number of hydrogen-bond acceptors (Lipinski definition) is 10. The molecular formula is C34H55N3O9. The Morgan fingerprint density at radius 1 is 1.02 bits per heavy atom. The molecule has 0 aromatic rings. The van der Waals surface area contributed by atoms with Gasteiger partial charge in [0.15, 0.2) is 0 Å². The molecule has 4 fully saturated rings. The molecule has 46 heavy (non-hydrogen) atoms. The van der Waals surface area contributed by atoms with Gasteiger partial charge in [-0.15, -0.1) is 0 Å². The zero-order valence-corrected chi connectivity index (χ0v) is 27.8. The Balaban J connectivity index is 1.08. The summed E-state index contributed by atoms with van der Waals surface area (Å²) < 4.78 is 21.4. The number of likely N-dealkylation sites (N-methyl/N-ethyl adjacent to an activating group) is 1. The van der Waals surface area contributed by atoms with Crippen molar-refractivity contribution in [3.63, 3.8) is 0 Å². The molecule has 0 saturated heterocycles. The van der Waals surface area contributed by atoms with Gasteiger partial charge in [0, 0.05) is 37.7 Å². The molecule has 0 aromatic heterocycles. The average Bonchev–Trinajstić information content (AvgIpc) is 3.57. The Bertz CT molecular complexity index is 1150. The largest absolute Gasteiger partial charge is 0.458 e. The summed E-state index contributed by atoms with van der Waals surface area (Å²) in [7, 11) is 1.67. The van der Waals surface area contributed by atoms with Crippen LogP contribution in [-0.4, -0.2) is 117 Å². The second-order valence-electron chi connectivity index (χ2n) is 14.7. The molecule has 4 aliphatic carbocycles. The zero-order chi connectivity index (χ0) is 33.1. The SMILES string of the molecule is CN(CCOCCOCCN)C(=O)COCC(=O)NC1CCC2(C)C(CCC3C2CC(O)C2(C)C(C4=CC(=O)OC4)CCC32O)C1. The number of carbonyl (C=O) groups excluding carboxylic acids is 3. The van der Waals surface area contributed by atoms with Gasteiger partial charge in [-0.25, -0.2) is 4.79 Å². The molecule has 9 unspecified atom stereocenters. The van der Waals surface area contributed by atoms with Crippen molar-refractivity contribution in [1.82, 2.24) is 10.2 Å². The Morgan fingerprint density at radius 3 is 2.50 bits per heavy atom. The minimum atomic E-state index is -0.999. The predicted octanol–water partition coefficient (Wildman–Crippen LogP) is 1.17. The molecule has 1 heterocycles. The monoisotopic (exact) mass is 649 g/mol. The standard InChI is InChI=1S/C34H55N3O9/c1-32-8-6-24(36-29(39)20-45-21-30(40)37(3)11-13-44-15-14-43-12-10-35)17-23(32)4-5-26-27(32)18-28(38)33(2)25(7-9-34(26,33)42)22-16-31(41)46-19-22/h16,23-28,38,42H,4-15,17-21,35H2,1-3H3,(H,36,39). The van der Waals surface area contributed by atoms with E-state index in [9.17, 15) is 24.6 Å². The molecule has 260 valence electrons. The maximum Gasteiger partial charge on any atom is 0.331 e. The van der Waals surface area contributed by atoms with Crippen LogP contribution in [0, 0.1) is 34.5 Å². The third kappa shape index (κ3) is 6.75. The van der Waals surface area contributed by atoms with Crippen molar-refractivity contribution >= 4 is 17.8 Å². The van der Waals surface area contributed by atoms with Crippen molar-refractivity contribution in [3.8, 4) is 0 Å². The average molecular weight is 650 g/mol. The Morgan fingerprint density at radius 2 is 1.78 bits per heavy atom. The van der Waals surface area contributed by atoms with Crippen molar-refractivity contribution in [2.24, 2.45) is 40.2 Å². The van der Waals surface area contributed by atoms with Crippen LogP contribution in [0.15, 0.2) is 11.6 Å². The number of nitrogens with two attached hydrogens (primary N) is 1. The molecular weight excluding hydrogens is 594 g/mol. The second kappa shape index (κ2) is 14.6. The number of aliphatic hydroxyl groups is 2. The molecule has 12 nitrogen and oxygen atoms in total. The van der Waals surface area contributed by atoms with Crippen LogP contribution < -0.4 is 11.1 Å². The van der Waals surface area contributed by atoms with Crippen LogP contribution in [0.1, 0.15) is 65.2 Å². The highest BCUT2D eigenvalue weighted by Crippen LogP contribution is 2.69. The summed E-state index contributed by atoms with van der Waals surface area (Å²) in [6.45, 7) is 6.91. The molecule has 0 aromatic carbocycles. The van der Waals surface area contributed by atoms with Gasteiger partial charge in [-0.1, -0.05) is 13.8 Å². The first-order chi connectivity index (χ1) is 21.9. The summed E-state index contributed by atoms with van der Waals surface area (Å²) in [6, 6.07) is 0.0275. The lowest BCUT2D eigenvalue weighted by molar-refractivity contribution is -0.243. The molecule has 4 saturated carbocycles. The minimum Gasteiger partial charge on any atom is -0.458 e. The van der Waals surface area contributed by atoms with Gasteiger partial charge in [-0.05, 0) is 86.0 Å². The van der Waals surface area contributed by atoms with E-state index in [-0.39, 0.29) is 66.8 Å². The highest BCUT2D eigenvalue weighted by molar-refractivity contribution is 5.85. The third-order valence-corrected chi connectivity index (χ3v) is 12.5. The summed E-state index contributed by atoms with van der Waals surface area (Å²) >= 11 is 0. The zero-order valence-electron chi connectivity index (χ0n) is 27.8. The van der Waals surface area contributed by atoms with E-state index >= 15 is 0 Å². The van der Waals surface area contributed by atoms with E-state index in [0.717, 1.165) is 44.1 Å². The number of aliphatic hydroxyl groups excluding tert-OH is 1. The van der Waals surface area contributed by atoms with Crippen molar-refractivity contribution in [2.45, 2.75) is 83.0 Å². The molecule has 2 amide bonds. The van der Waals surface area contributed by atoms with Gasteiger partial charge < -0.3 is 45.1 Å². The van der Waals surface area contributed by atoms with Crippen molar-refractivity contribution < 1.29 is 43.5 Å². The van der Waals surface area contributed by atoms with E-state index in [1.54, 1.807) is 13.1 Å². The smallest absolute Gasteiger partial charge is 0.331 e. The van der Waals surface area contributed by atoms with Gasteiger partial charge in [0.1, 0.15) is 19.8 Å². The Hall–Kier alpha value is -2.09. The minimum absolute atomic E-state index is 0.0275. The number of carbonyl (C=O) groups is 3. The van der Waals surface area contributed by atoms with Crippen molar-refractivity contribution in [1.29, 1.82) is 0 Å². The topological polar surface area (TPSA) is 170 Å². The van der Waals surface area contributed by atoms with Gasteiger partial charge in [0.05, 0.1) is 38.1 Å². The van der Waals surface area contributed by atoms with Gasteiger partial charge >= 0.3 is 5.97 Å². The van der Waals surface area contributed by atoms with Gasteiger partial charge in [-0.3, -0.25) is 9.59 Å². The van der Waals surface area contributed by atoms with E-state index in [1.807, 2.05) is 6.92 Å². The summed E-state index contributed by atoms with van der Waals surface area (Å²) in [5.41, 5.74) is 4.52. The van der Waals surface area contributed by atoms with Crippen LogP contribution >= 0.6 is 0 Å². The molecule has 12 heteroatoms. The normalized spacial score (nSPS) is 38.3. The highest BCUT2D eigenvalue weighted by Gasteiger charge is 2.70. The summed E-state index contributed by atoms with van der Waals surface area (Å²) in [5.74, 6) is -0.199. The van der Waals surface area contributed by atoms with Crippen LogP contribution in [0.25, 0.3) is 0 Å². The lowest BCUT2D eigenvalue weighted by Crippen LogP contribution is -2.67. The number of esters is 1. The van der Waals surface area contributed by atoms with Crippen LogP contribution in [0.2, 0.25) is 0 Å². The maximum atomic E-state index is 12.8. The summed E-state index contributed by atoms with van der Waals surface area (Å²) in [5, 5.41) is 27.3. The van der Waals surface area contributed by atoms with Gasteiger partial charge in [0.2, 0.25) is 11.8 Å². The molecule has 1 aliphatic heterocycles. The van der Waals surface area contributed by atoms with Crippen LogP contribution in [0.5, 0.6) is 0 Å². The molecule has 9 atom stereocenters. The van der Waals surface area contributed by atoms with E-state index in [2.05, 4.69) is 12.2 Å². The number of cyclic esters (lactones) is 1. The Kier molecular flexibility index (Phi) is 11.2. The van der Waals surface area contributed by atoms with E-state index < -0.39 is 17.1 Å². The lowest BCUT2D eigenvalue weighted by atomic mass is 9.42. The summed E-state index contributed by atoms with van der Waals surface area (Å²) in [4.78, 5) is 38.5. The number of rotatable bonds is 14. The molecule has 0 radical (unpaired) electrons. The number of hydrogen-bond donors (Lipinski definition) is 4. The lowest BCUT2D eigenvalue weighted by Gasteiger charge is -2.65. The van der Waals surface area contributed by atoms with E-state index in [0.29, 0.717) is 58.3 Å². The number of amides is 2. The first-order valence-corrected chi connectivity index (χ1v) is 17.2. The highest BCUT2D eigenvalue weighted by atomic mass is 16.5. The van der Waals surface area contributed by atoms with Gasteiger partial charge in [-0.2, -0.15) is 0 Å². The fourth-order valence-electron chi connectivity index (χ4n) is 9.86. The van der Waals surface area contributed by atoms with Crippen LogP contribution in [0.4, 0.5) is 0 Å². The molecule has 5 rings (SSSR count). The second-order valence-corrected chi connectivity index (χ2v) is 14.7. The fourth-order valence-corrected chi connectivity index (χ4v) is 9.86. The summed E-state index contributed by atoms with van der Waals surface area (Å²) in [6.07, 6.45) is 7.32. The first kappa shape index (κ1) is 35.2. The van der Waals surface area contributed by atoms with Crippen LogP contribution in [0.3, 0.4) is 0 Å². The third-order valence-electron chi connectivity index (χ3n) is 12.5. The van der Waals surface area contributed by atoms with E-state index in [1.165, 1.54) is 4.90 Å².